The molecule has 39 heavy (non-hydrogen) atoms. The second kappa shape index (κ2) is 11.6. The quantitative estimate of drug-likeness (QED) is 0.253. The molecule has 1 amide bonds. The van der Waals surface area contributed by atoms with Gasteiger partial charge in [-0.15, -0.1) is 0 Å². The summed E-state index contributed by atoms with van der Waals surface area (Å²) >= 11 is 1.36. The van der Waals surface area contributed by atoms with E-state index in [-0.39, 0.29) is 5.91 Å². The van der Waals surface area contributed by atoms with Crippen molar-refractivity contribution in [2.45, 2.75) is 13.5 Å². The van der Waals surface area contributed by atoms with E-state index in [2.05, 4.69) is 29.7 Å². The van der Waals surface area contributed by atoms with Crippen LogP contribution in [0.25, 0.3) is 17.0 Å². The molecular formula is C31H28N4O3S. The fourth-order valence-electron chi connectivity index (χ4n) is 4.65. The largest absolute Gasteiger partial charge is 0.497 e. The number of nitrogens with zero attached hydrogens (tertiary/aromatic N) is 4. The van der Waals surface area contributed by atoms with Crippen molar-refractivity contribution in [1.82, 2.24) is 9.47 Å². The molecule has 0 radical (unpaired) electrons. The van der Waals surface area contributed by atoms with Gasteiger partial charge in [-0.1, -0.05) is 36.4 Å². The van der Waals surface area contributed by atoms with E-state index < -0.39 is 0 Å². The summed E-state index contributed by atoms with van der Waals surface area (Å²) in [6.07, 6.45) is 1.97. The fraction of sp³-hybridized carbons (Fsp3) is 0.194. The first-order chi connectivity index (χ1) is 19.0. The Morgan fingerprint density at radius 2 is 1.77 bits per heavy atom. The van der Waals surface area contributed by atoms with E-state index in [0.29, 0.717) is 35.3 Å². The number of fused-ring (bicyclic) bond motifs is 1. The molecule has 0 bridgehead atoms. The number of amides is 1. The molecule has 1 saturated heterocycles. The lowest BCUT2D eigenvalue weighted by molar-refractivity contribution is -0.122. The van der Waals surface area contributed by atoms with Crippen LogP contribution in [0.5, 0.6) is 5.75 Å². The molecule has 196 valence electrons. The van der Waals surface area contributed by atoms with Crippen LogP contribution in [0.3, 0.4) is 0 Å². The number of amidine groups is 1. The molecule has 1 aliphatic rings. The number of carbonyl (C=O) groups is 1. The molecule has 1 aromatic heterocycles. The second-order valence-corrected chi connectivity index (χ2v) is 10.0. The van der Waals surface area contributed by atoms with Gasteiger partial charge in [0.15, 0.2) is 5.17 Å². The molecule has 3 aromatic carbocycles. The maximum atomic E-state index is 13.6. The van der Waals surface area contributed by atoms with E-state index in [1.165, 1.54) is 11.8 Å². The van der Waals surface area contributed by atoms with E-state index in [1.807, 2.05) is 66.7 Å². The van der Waals surface area contributed by atoms with Crippen LogP contribution >= 0.6 is 11.8 Å². The Balaban J connectivity index is 1.56. The molecule has 8 heteroatoms. The van der Waals surface area contributed by atoms with Gasteiger partial charge in [-0.2, -0.15) is 5.26 Å². The van der Waals surface area contributed by atoms with Gasteiger partial charge in [-0.3, -0.25) is 9.69 Å². The van der Waals surface area contributed by atoms with Gasteiger partial charge in [0.05, 0.1) is 42.5 Å². The Labute approximate surface area is 232 Å². The van der Waals surface area contributed by atoms with Crippen LogP contribution in [0, 0.1) is 18.3 Å². The number of ether oxygens (including phenoxy) is 2. The van der Waals surface area contributed by atoms with E-state index >= 15 is 0 Å². The number of aromatic nitrogens is 1. The first kappa shape index (κ1) is 26.3. The Kier molecular flexibility index (Phi) is 7.82. The second-order valence-electron chi connectivity index (χ2n) is 9.02. The topological polar surface area (TPSA) is 79.9 Å². The molecule has 0 atom stereocenters. The lowest BCUT2D eigenvalue weighted by atomic mass is 10.1. The highest BCUT2D eigenvalue weighted by molar-refractivity contribution is 8.18. The summed E-state index contributed by atoms with van der Waals surface area (Å²) < 4.78 is 12.7. The highest BCUT2D eigenvalue weighted by Gasteiger charge is 2.33. The number of para-hydroxylation sites is 1. The highest BCUT2D eigenvalue weighted by Crippen LogP contribution is 2.37. The van der Waals surface area contributed by atoms with Crippen LogP contribution in [0.2, 0.25) is 0 Å². The van der Waals surface area contributed by atoms with Crippen LogP contribution < -0.4 is 4.74 Å². The number of benzene rings is 3. The van der Waals surface area contributed by atoms with Crippen LogP contribution in [0.4, 0.5) is 5.69 Å². The van der Waals surface area contributed by atoms with Gasteiger partial charge in [0.2, 0.25) is 0 Å². The van der Waals surface area contributed by atoms with Crippen molar-refractivity contribution in [3.05, 3.63) is 100 Å². The molecule has 0 saturated carbocycles. The summed E-state index contributed by atoms with van der Waals surface area (Å²) in [5.74, 6) is 0.644. The summed E-state index contributed by atoms with van der Waals surface area (Å²) in [6.45, 7) is 3.42. The van der Waals surface area contributed by atoms with Crippen molar-refractivity contribution in [3.63, 3.8) is 0 Å². The van der Waals surface area contributed by atoms with Gasteiger partial charge >= 0.3 is 0 Å². The molecule has 5 rings (SSSR count). The van der Waals surface area contributed by atoms with E-state index in [9.17, 15) is 10.1 Å². The third-order valence-electron chi connectivity index (χ3n) is 6.73. The fourth-order valence-corrected chi connectivity index (χ4v) is 5.66. The standard InChI is InChI=1S/C31H28N4O3S/c1-21-27(26-10-6-7-11-28(26)35(21)20-23-9-5-4-8-22(23)19-32)18-29-30(36)34(16-17-37-2)31(39-29)33-24-12-14-25(38-3)15-13-24/h4-15,18H,16-17,20H2,1-3H3/b29-18-,33-31?. The smallest absolute Gasteiger partial charge is 0.266 e. The molecule has 7 nitrogen and oxygen atoms in total. The molecule has 4 aromatic rings. The van der Waals surface area contributed by atoms with E-state index in [4.69, 9.17) is 14.5 Å². The summed E-state index contributed by atoms with van der Waals surface area (Å²) in [5.41, 5.74) is 5.40. The number of hydrogen-bond acceptors (Lipinski definition) is 6. The summed E-state index contributed by atoms with van der Waals surface area (Å²) in [7, 11) is 3.24. The lowest BCUT2D eigenvalue weighted by Crippen LogP contribution is -2.32. The molecular weight excluding hydrogens is 508 g/mol. The minimum Gasteiger partial charge on any atom is -0.497 e. The molecule has 0 unspecified atom stereocenters. The predicted molar refractivity (Wildman–Crippen MR) is 156 cm³/mol. The Morgan fingerprint density at radius 3 is 2.51 bits per heavy atom. The number of hydrogen-bond donors (Lipinski definition) is 0. The summed E-state index contributed by atoms with van der Waals surface area (Å²) in [5, 5.41) is 11.3. The number of rotatable bonds is 8. The highest BCUT2D eigenvalue weighted by atomic mass is 32.2. The zero-order valence-corrected chi connectivity index (χ0v) is 22.9. The van der Waals surface area contributed by atoms with Gasteiger partial charge in [0, 0.05) is 35.8 Å². The maximum Gasteiger partial charge on any atom is 0.266 e. The summed E-state index contributed by atoms with van der Waals surface area (Å²) in [6, 6.07) is 25.5. The summed E-state index contributed by atoms with van der Waals surface area (Å²) in [4.78, 5) is 20.6. The molecule has 0 N–H and O–H groups in total. The maximum absolute atomic E-state index is 13.6. The van der Waals surface area contributed by atoms with Gasteiger partial charge in [-0.05, 0) is 66.7 Å². The first-order valence-electron chi connectivity index (χ1n) is 12.5. The van der Waals surface area contributed by atoms with Crippen molar-refractivity contribution in [2.75, 3.05) is 27.4 Å². The van der Waals surface area contributed by atoms with Crippen molar-refractivity contribution in [3.8, 4) is 11.8 Å². The third kappa shape index (κ3) is 5.32. The number of thioether (sulfide) groups is 1. The van der Waals surface area contributed by atoms with Crippen molar-refractivity contribution in [2.24, 2.45) is 4.99 Å². The van der Waals surface area contributed by atoms with Crippen LogP contribution in [-0.2, 0) is 16.1 Å². The van der Waals surface area contributed by atoms with Gasteiger partial charge < -0.3 is 14.0 Å². The molecule has 1 aliphatic heterocycles. The minimum atomic E-state index is -0.102. The number of nitriles is 1. The van der Waals surface area contributed by atoms with E-state index in [1.54, 1.807) is 19.1 Å². The predicted octanol–water partition coefficient (Wildman–Crippen LogP) is 6.13. The zero-order chi connectivity index (χ0) is 27.4. The zero-order valence-electron chi connectivity index (χ0n) is 22.0. The van der Waals surface area contributed by atoms with Crippen molar-refractivity contribution >= 4 is 45.5 Å². The number of carbonyl (C=O) groups excluding carboxylic acids is 1. The van der Waals surface area contributed by atoms with E-state index in [0.717, 1.165) is 39.2 Å². The molecule has 0 aliphatic carbocycles. The Hall–Kier alpha value is -4.32. The lowest BCUT2D eigenvalue weighted by Gasteiger charge is -2.14. The van der Waals surface area contributed by atoms with Crippen LogP contribution in [0.1, 0.15) is 22.4 Å². The van der Waals surface area contributed by atoms with Gasteiger partial charge in [-0.25, -0.2) is 4.99 Å². The number of methoxy groups -OCH3 is 2. The minimum absolute atomic E-state index is 0.102. The van der Waals surface area contributed by atoms with Gasteiger partial charge in [0.25, 0.3) is 5.91 Å². The van der Waals surface area contributed by atoms with Gasteiger partial charge in [0.1, 0.15) is 5.75 Å². The third-order valence-corrected chi connectivity index (χ3v) is 7.73. The normalized spacial score (nSPS) is 15.4. The SMILES string of the molecule is COCCN1C(=O)/C(=C/c2c(C)n(Cc3ccccc3C#N)c3ccccc23)SC1=Nc1ccc(OC)cc1. The van der Waals surface area contributed by atoms with Crippen molar-refractivity contribution in [1.29, 1.82) is 5.26 Å². The Bertz CT molecular complexity index is 1630. The Morgan fingerprint density at radius 1 is 1.03 bits per heavy atom. The molecule has 2 heterocycles. The first-order valence-corrected chi connectivity index (χ1v) is 13.3. The van der Waals surface area contributed by atoms with Crippen molar-refractivity contribution < 1.29 is 14.3 Å². The van der Waals surface area contributed by atoms with Crippen LogP contribution in [0.15, 0.2) is 82.7 Å². The average molecular weight is 537 g/mol. The molecule has 0 spiro atoms. The van der Waals surface area contributed by atoms with Crippen LogP contribution in [-0.4, -0.2) is 47.9 Å². The average Bonchev–Trinajstić information content (AvgIpc) is 3.40. The number of aliphatic imine (C=N–C) groups is 1. The monoisotopic (exact) mass is 536 g/mol. The molecule has 1 fully saturated rings.